The molecule has 0 fully saturated rings. The molecule has 11 rings (SSSR count). The number of nitrogens with zero attached hydrogens (tertiary/aromatic N) is 2. The fourth-order valence-corrected chi connectivity index (χ4v) is 8.53. The van der Waals surface area contributed by atoms with E-state index in [1.165, 1.54) is 71.6 Å². The van der Waals surface area contributed by atoms with E-state index in [2.05, 4.69) is 182 Å². The van der Waals surface area contributed by atoms with E-state index >= 15 is 0 Å². The van der Waals surface area contributed by atoms with Gasteiger partial charge in [0.1, 0.15) is 0 Å². The second kappa shape index (κ2) is 13.2. The van der Waals surface area contributed by atoms with Crippen molar-refractivity contribution in [2.24, 2.45) is 0 Å². The molecule has 0 saturated heterocycles. The van der Waals surface area contributed by atoms with E-state index in [1.807, 2.05) is 24.3 Å². The monoisotopic (exact) mass is 710 g/mol. The number of fused-ring (bicyclic) bond motifs is 4. The summed E-state index contributed by atoms with van der Waals surface area (Å²) in [7, 11) is 0. The van der Waals surface area contributed by atoms with Gasteiger partial charge >= 0.3 is 0 Å². The average Bonchev–Trinajstić information content (AvgIpc) is 3.61. The van der Waals surface area contributed by atoms with Crippen LogP contribution in [0.25, 0.3) is 111 Å². The Labute approximate surface area is 326 Å². The standard InChI is InChI=1S/C54H34N2/c1-3-13-36(14-4-1)51-34-52(56-54(55-51)38-15-5-2-6-16-38)37-27-25-35(26-28-37)50-33-42(32-40-17-7-8-20-43(40)50)39-18-11-19-41(31-39)44-29-30-49-46-22-10-9-21-45(46)48-24-12-23-47(44)53(48)49/h1-34H. The van der Waals surface area contributed by atoms with E-state index in [9.17, 15) is 0 Å². The van der Waals surface area contributed by atoms with E-state index in [1.54, 1.807) is 0 Å². The highest BCUT2D eigenvalue weighted by Gasteiger charge is 2.22. The van der Waals surface area contributed by atoms with Crippen molar-refractivity contribution in [2.45, 2.75) is 0 Å². The molecule has 56 heavy (non-hydrogen) atoms. The Morgan fingerprint density at radius 3 is 1.55 bits per heavy atom. The molecule has 2 heteroatoms. The number of rotatable bonds is 6. The Balaban J connectivity index is 0.991. The minimum absolute atomic E-state index is 0.717. The minimum Gasteiger partial charge on any atom is -0.228 e. The molecular formula is C54H34N2. The average molecular weight is 711 g/mol. The van der Waals surface area contributed by atoms with Crippen molar-refractivity contribution in [1.29, 1.82) is 0 Å². The molecule has 9 aromatic carbocycles. The number of benzene rings is 9. The molecule has 1 heterocycles. The van der Waals surface area contributed by atoms with Crippen LogP contribution in [-0.2, 0) is 0 Å². The van der Waals surface area contributed by atoms with Crippen molar-refractivity contribution in [3.05, 3.63) is 206 Å². The lowest BCUT2D eigenvalue weighted by Gasteiger charge is -2.14. The zero-order valence-electron chi connectivity index (χ0n) is 30.5. The summed E-state index contributed by atoms with van der Waals surface area (Å²) in [4.78, 5) is 10.1. The summed E-state index contributed by atoms with van der Waals surface area (Å²) in [5, 5.41) is 5.09. The number of aromatic nitrogens is 2. The second-order valence-corrected chi connectivity index (χ2v) is 14.5. The first kappa shape index (κ1) is 32.0. The Bertz CT molecular complexity index is 3020. The van der Waals surface area contributed by atoms with E-state index in [-0.39, 0.29) is 0 Å². The predicted molar refractivity (Wildman–Crippen MR) is 234 cm³/mol. The third-order valence-corrected chi connectivity index (χ3v) is 11.2. The van der Waals surface area contributed by atoms with Gasteiger partial charge in [-0.2, -0.15) is 0 Å². The molecule has 0 spiro atoms. The van der Waals surface area contributed by atoms with Crippen molar-refractivity contribution < 1.29 is 0 Å². The van der Waals surface area contributed by atoms with Crippen molar-refractivity contribution >= 4 is 21.5 Å². The Hall–Kier alpha value is -7.42. The third kappa shape index (κ3) is 5.42. The molecule has 0 unspecified atom stereocenters. The van der Waals surface area contributed by atoms with Crippen LogP contribution in [0, 0.1) is 0 Å². The van der Waals surface area contributed by atoms with Gasteiger partial charge in [-0.25, -0.2) is 9.97 Å². The molecule has 2 nitrogen and oxygen atoms in total. The third-order valence-electron chi connectivity index (χ3n) is 11.2. The first-order valence-corrected chi connectivity index (χ1v) is 19.1. The Morgan fingerprint density at radius 1 is 0.250 bits per heavy atom. The van der Waals surface area contributed by atoms with Gasteiger partial charge < -0.3 is 0 Å². The summed E-state index contributed by atoms with van der Waals surface area (Å²) in [6, 6.07) is 74.0. The molecule has 1 aromatic heterocycles. The SMILES string of the molecule is c1ccc(-c2cc(-c3ccc(-c4cc(-c5cccc(-c6ccc7c8c(cccc68)-c6ccccc6-7)c5)cc5ccccc45)cc3)nc(-c3ccccc3)n2)cc1. The van der Waals surface area contributed by atoms with E-state index in [0.717, 1.165) is 33.6 Å². The van der Waals surface area contributed by atoms with Gasteiger partial charge in [0.15, 0.2) is 5.82 Å². The maximum atomic E-state index is 5.07. The summed E-state index contributed by atoms with van der Waals surface area (Å²) in [6.07, 6.45) is 0. The first-order valence-electron chi connectivity index (χ1n) is 19.1. The van der Waals surface area contributed by atoms with Crippen molar-refractivity contribution in [3.63, 3.8) is 0 Å². The van der Waals surface area contributed by atoms with Gasteiger partial charge in [0, 0.05) is 16.7 Å². The molecule has 0 amide bonds. The zero-order valence-corrected chi connectivity index (χ0v) is 30.5. The quantitative estimate of drug-likeness (QED) is 0.172. The molecule has 0 aliphatic heterocycles. The lowest BCUT2D eigenvalue weighted by molar-refractivity contribution is 1.18. The van der Waals surface area contributed by atoms with Gasteiger partial charge in [0.05, 0.1) is 11.4 Å². The molecule has 0 bridgehead atoms. The van der Waals surface area contributed by atoms with Gasteiger partial charge in [-0.05, 0) is 101 Å². The summed E-state index contributed by atoms with van der Waals surface area (Å²) >= 11 is 0. The molecule has 0 atom stereocenters. The molecular weight excluding hydrogens is 677 g/mol. The first-order chi connectivity index (χ1) is 27.7. The topological polar surface area (TPSA) is 25.8 Å². The van der Waals surface area contributed by atoms with Crippen LogP contribution in [0.4, 0.5) is 0 Å². The van der Waals surface area contributed by atoms with Crippen LogP contribution in [0.2, 0.25) is 0 Å². The molecule has 1 aliphatic rings. The van der Waals surface area contributed by atoms with Gasteiger partial charge in [-0.3, -0.25) is 0 Å². The Morgan fingerprint density at radius 2 is 0.786 bits per heavy atom. The van der Waals surface area contributed by atoms with Crippen LogP contribution in [0.15, 0.2) is 206 Å². The molecule has 1 aliphatic carbocycles. The van der Waals surface area contributed by atoms with Gasteiger partial charge in [-0.1, -0.05) is 182 Å². The minimum atomic E-state index is 0.717. The summed E-state index contributed by atoms with van der Waals surface area (Å²) in [5.74, 6) is 0.717. The maximum Gasteiger partial charge on any atom is 0.160 e. The lowest BCUT2D eigenvalue weighted by Crippen LogP contribution is -1.95. The second-order valence-electron chi connectivity index (χ2n) is 14.5. The van der Waals surface area contributed by atoms with Crippen molar-refractivity contribution in [3.8, 4) is 89.5 Å². The predicted octanol–water partition coefficient (Wildman–Crippen LogP) is 14.4. The number of hydrogen-bond donors (Lipinski definition) is 0. The molecule has 0 N–H and O–H groups in total. The highest BCUT2D eigenvalue weighted by molar-refractivity contribution is 6.18. The fourth-order valence-electron chi connectivity index (χ4n) is 8.53. The van der Waals surface area contributed by atoms with Gasteiger partial charge in [0.25, 0.3) is 0 Å². The van der Waals surface area contributed by atoms with Crippen LogP contribution in [0.5, 0.6) is 0 Å². The van der Waals surface area contributed by atoms with Crippen LogP contribution < -0.4 is 0 Å². The van der Waals surface area contributed by atoms with E-state index in [0.29, 0.717) is 5.82 Å². The van der Waals surface area contributed by atoms with Gasteiger partial charge in [0.2, 0.25) is 0 Å². The van der Waals surface area contributed by atoms with Crippen LogP contribution >= 0.6 is 0 Å². The fraction of sp³-hybridized carbons (Fsp3) is 0. The van der Waals surface area contributed by atoms with Crippen LogP contribution in [0.3, 0.4) is 0 Å². The zero-order chi connectivity index (χ0) is 37.0. The van der Waals surface area contributed by atoms with Crippen molar-refractivity contribution in [2.75, 3.05) is 0 Å². The largest absolute Gasteiger partial charge is 0.228 e. The highest BCUT2D eigenvalue weighted by atomic mass is 14.9. The van der Waals surface area contributed by atoms with Crippen LogP contribution in [0.1, 0.15) is 0 Å². The molecule has 0 radical (unpaired) electrons. The van der Waals surface area contributed by atoms with E-state index < -0.39 is 0 Å². The highest BCUT2D eigenvalue weighted by Crippen LogP contribution is 2.49. The molecule has 260 valence electrons. The maximum absolute atomic E-state index is 5.07. The summed E-state index contributed by atoms with van der Waals surface area (Å²) in [6.45, 7) is 0. The lowest BCUT2D eigenvalue weighted by atomic mass is 9.90. The summed E-state index contributed by atoms with van der Waals surface area (Å²) in [5.41, 5.74) is 17.4. The van der Waals surface area contributed by atoms with Crippen LogP contribution in [-0.4, -0.2) is 9.97 Å². The van der Waals surface area contributed by atoms with Gasteiger partial charge in [-0.15, -0.1) is 0 Å². The van der Waals surface area contributed by atoms with E-state index in [4.69, 9.17) is 9.97 Å². The van der Waals surface area contributed by atoms with Crippen molar-refractivity contribution in [1.82, 2.24) is 9.97 Å². The normalized spacial score (nSPS) is 11.6. The number of hydrogen-bond acceptors (Lipinski definition) is 2. The molecule has 0 saturated carbocycles. The molecule has 10 aromatic rings. The Kier molecular flexibility index (Phi) is 7.53. The summed E-state index contributed by atoms with van der Waals surface area (Å²) < 4.78 is 0. The smallest absolute Gasteiger partial charge is 0.160 e.